The van der Waals surface area contributed by atoms with Gasteiger partial charge in [0.2, 0.25) is 0 Å². The van der Waals surface area contributed by atoms with E-state index >= 15 is 0 Å². The van der Waals surface area contributed by atoms with Gasteiger partial charge >= 0.3 is 12.8 Å². The Bertz CT molecular complexity index is 494. The molecule has 0 bridgehead atoms. The molecule has 7 heteroatoms. The van der Waals surface area contributed by atoms with Crippen LogP contribution in [-0.2, 0) is 9.31 Å². The standard InChI is InChI=1S/C11H13BFNO4/c1-7-11(2,3)18-12(17-7)8-4-5-10(14(15)16)9(13)6-8/h4-7H,1-3H3. The average Bonchev–Trinajstić information content (AvgIpc) is 2.53. The maximum absolute atomic E-state index is 13.5. The van der Waals surface area contributed by atoms with Crippen LogP contribution in [0.25, 0.3) is 0 Å². The number of benzene rings is 1. The van der Waals surface area contributed by atoms with Crippen LogP contribution >= 0.6 is 0 Å². The molecule has 2 rings (SSSR count). The molecule has 96 valence electrons. The number of hydrogen-bond donors (Lipinski definition) is 0. The van der Waals surface area contributed by atoms with Gasteiger partial charge in [-0.3, -0.25) is 10.1 Å². The summed E-state index contributed by atoms with van der Waals surface area (Å²) in [6, 6.07) is 3.64. The molecule has 0 aliphatic carbocycles. The summed E-state index contributed by atoms with van der Waals surface area (Å²) in [6.45, 7) is 5.61. The number of nitro groups is 1. The van der Waals surface area contributed by atoms with Crippen LogP contribution < -0.4 is 5.46 Å². The fourth-order valence-corrected chi connectivity index (χ4v) is 1.71. The van der Waals surface area contributed by atoms with Crippen LogP contribution in [-0.4, -0.2) is 23.7 Å². The van der Waals surface area contributed by atoms with Gasteiger partial charge in [0.25, 0.3) is 0 Å². The van der Waals surface area contributed by atoms with Crippen molar-refractivity contribution in [3.63, 3.8) is 0 Å². The Balaban J connectivity index is 2.26. The van der Waals surface area contributed by atoms with Crippen molar-refractivity contribution >= 4 is 18.3 Å². The third kappa shape index (κ3) is 2.23. The first kappa shape index (κ1) is 13.0. The van der Waals surface area contributed by atoms with Gasteiger partial charge in [0.05, 0.1) is 16.6 Å². The SMILES string of the molecule is CC1OB(c2ccc([N+](=O)[O-])c(F)c2)OC1(C)C. The van der Waals surface area contributed by atoms with Gasteiger partial charge in [0, 0.05) is 6.07 Å². The highest BCUT2D eigenvalue weighted by molar-refractivity contribution is 6.62. The molecule has 1 aromatic rings. The first-order valence-electron chi connectivity index (χ1n) is 5.58. The fourth-order valence-electron chi connectivity index (χ4n) is 1.71. The topological polar surface area (TPSA) is 61.6 Å². The van der Waals surface area contributed by atoms with Gasteiger partial charge in [-0.05, 0) is 32.3 Å². The van der Waals surface area contributed by atoms with E-state index in [1.54, 1.807) is 0 Å². The van der Waals surface area contributed by atoms with Crippen LogP contribution in [0.1, 0.15) is 20.8 Å². The highest BCUT2D eigenvalue weighted by Gasteiger charge is 2.44. The Kier molecular flexibility index (Phi) is 3.12. The second-order valence-corrected chi connectivity index (χ2v) is 4.80. The molecule has 0 amide bonds. The molecule has 18 heavy (non-hydrogen) atoms. The molecule has 0 spiro atoms. The number of rotatable bonds is 2. The first-order chi connectivity index (χ1) is 8.31. The second kappa shape index (κ2) is 4.33. The Morgan fingerprint density at radius 2 is 2.17 bits per heavy atom. The van der Waals surface area contributed by atoms with E-state index in [9.17, 15) is 14.5 Å². The van der Waals surface area contributed by atoms with Gasteiger partial charge in [-0.2, -0.15) is 4.39 Å². The van der Waals surface area contributed by atoms with E-state index in [-0.39, 0.29) is 6.10 Å². The Labute approximate surface area is 104 Å². The average molecular weight is 253 g/mol. The van der Waals surface area contributed by atoms with Crippen molar-refractivity contribution in [3.8, 4) is 0 Å². The molecule has 1 unspecified atom stereocenters. The minimum atomic E-state index is -0.887. The molecule has 0 radical (unpaired) electrons. The molecule has 1 fully saturated rings. The number of halogens is 1. The molecular formula is C11H13BFNO4. The molecule has 1 atom stereocenters. The summed E-state index contributed by atoms with van der Waals surface area (Å²) in [5.74, 6) is -0.887. The summed E-state index contributed by atoms with van der Waals surface area (Å²) < 4.78 is 24.7. The summed E-state index contributed by atoms with van der Waals surface area (Å²) in [7, 11) is -0.690. The molecule has 0 saturated carbocycles. The molecule has 0 N–H and O–H groups in total. The zero-order chi connectivity index (χ0) is 13.5. The normalized spacial score (nSPS) is 22.2. The van der Waals surface area contributed by atoms with Gasteiger partial charge in [-0.25, -0.2) is 0 Å². The highest BCUT2D eigenvalue weighted by atomic mass is 19.1. The van der Waals surface area contributed by atoms with Crippen molar-refractivity contribution in [1.29, 1.82) is 0 Å². The van der Waals surface area contributed by atoms with Crippen molar-refractivity contribution in [2.24, 2.45) is 0 Å². The minimum absolute atomic E-state index is 0.138. The third-order valence-electron chi connectivity index (χ3n) is 3.16. The van der Waals surface area contributed by atoms with Crippen LogP contribution in [0.5, 0.6) is 0 Å². The van der Waals surface area contributed by atoms with E-state index in [0.717, 1.165) is 12.1 Å². The van der Waals surface area contributed by atoms with Crippen molar-refractivity contribution < 1.29 is 18.6 Å². The summed E-state index contributed by atoms with van der Waals surface area (Å²) in [6.07, 6.45) is -0.138. The van der Waals surface area contributed by atoms with E-state index in [2.05, 4.69) is 0 Å². The summed E-state index contributed by atoms with van der Waals surface area (Å²) >= 11 is 0. The lowest BCUT2D eigenvalue weighted by molar-refractivity contribution is -0.387. The van der Waals surface area contributed by atoms with Crippen LogP contribution in [0.4, 0.5) is 10.1 Å². The van der Waals surface area contributed by atoms with Gasteiger partial charge in [0.1, 0.15) is 0 Å². The molecule has 1 aliphatic rings. The molecule has 0 aromatic heterocycles. The summed E-state index contributed by atoms with van der Waals surface area (Å²) in [5, 5.41) is 10.5. The maximum atomic E-state index is 13.5. The number of nitrogens with zero attached hydrogens (tertiary/aromatic N) is 1. The van der Waals surface area contributed by atoms with Crippen LogP contribution in [0.2, 0.25) is 0 Å². The Morgan fingerprint density at radius 1 is 1.50 bits per heavy atom. The fraction of sp³-hybridized carbons (Fsp3) is 0.455. The molecule has 1 aromatic carbocycles. The van der Waals surface area contributed by atoms with Gasteiger partial charge < -0.3 is 9.31 Å². The Morgan fingerprint density at radius 3 is 2.61 bits per heavy atom. The Hall–Kier alpha value is -1.47. The van der Waals surface area contributed by atoms with E-state index in [4.69, 9.17) is 9.31 Å². The molecule has 1 saturated heterocycles. The van der Waals surface area contributed by atoms with Gasteiger partial charge in [-0.1, -0.05) is 6.07 Å². The first-order valence-corrected chi connectivity index (χ1v) is 5.58. The van der Waals surface area contributed by atoms with E-state index in [0.29, 0.717) is 5.46 Å². The highest BCUT2D eigenvalue weighted by Crippen LogP contribution is 2.27. The predicted molar refractivity (Wildman–Crippen MR) is 64.2 cm³/mol. The quantitative estimate of drug-likeness (QED) is 0.456. The van der Waals surface area contributed by atoms with Crippen LogP contribution in [0.15, 0.2) is 18.2 Å². The summed E-state index contributed by atoms with van der Waals surface area (Å²) in [5.41, 5.74) is -0.581. The third-order valence-corrected chi connectivity index (χ3v) is 3.16. The van der Waals surface area contributed by atoms with E-state index in [1.165, 1.54) is 6.07 Å². The predicted octanol–water partition coefficient (Wildman–Crippen LogP) is 1.64. The van der Waals surface area contributed by atoms with Crippen LogP contribution in [0, 0.1) is 15.9 Å². The number of hydrogen-bond acceptors (Lipinski definition) is 4. The monoisotopic (exact) mass is 253 g/mol. The second-order valence-electron chi connectivity index (χ2n) is 4.80. The lowest BCUT2D eigenvalue weighted by Crippen LogP contribution is -2.35. The van der Waals surface area contributed by atoms with E-state index in [1.807, 2.05) is 20.8 Å². The van der Waals surface area contributed by atoms with E-state index < -0.39 is 29.1 Å². The van der Waals surface area contributed by atoms with Gasteiger partial charge in [-0.15, -0.1) is 0 Å². The lowest BCUT2D eigenvalue weighted by atomic mass is 9.79. The van der Waals surface area contributed by atoms with Crippen LogP contribution in [0.3, 0.4) is 0 Å². The zero-order valence-corrected chi connectivity index (χ0v) is 10.3. The van der Waals surface area contributed by atoms with Crippen molar-refractivity contribution in [1.82, 2.24) is 0 Å². The lowest BCUT2D eigenvalue weighted by Gasteiger charge is -2.21. The largest absolute Gasteiger partial charge is 0.494 e. The van der Waals surface area contributed by atoms with Crippen molar-refractivity contribution in [3.05, 3.63) is 34.1 Å². The maximum Gasteiger partial charge on any atom is 0.494 e. The zero-order valence-electron chi connectivity index (χ0n) is 10.3. The van der Waals surface area contributed by atoms with Crippen molar-refractivity contribution in [2.45, 2.75) is 32.5 Å². The van der Waals surface area contributed by atoms with Crippen molar-refractivity contribution in [2.75, 3.05) is 0 Å². The summed E-state index contributed by atoms with van der Waals surface area (Å²) in [4.78, 5) is 9.75. The minimum Gasteiger partial charge on any atom is -0.402 e. The van der Waals surface area contributed by atoms with Gasteiger partial charge in [0.15, 0.2) is 5.82 Å². The molecule has 5 nitrogen and oxygen atoms in total. The molecule has 1 heterocycles. The number of nitro benzene ring substituents is 1. The molecular weight excluding hydrogens is 240 g/mol. The smallest absolute Gasteiger partial charge is 0.402 e. The molecule has 1 aliphatic heterocycles.